The highest BCUT2D eigenvalue weighted by Gasteiger charge is 2.18. The van der Waals surface area contributed by atoms with Gasteiger partial charge in [-0.05, 0) is 36.8 Å². The Morgan fingerprint density at radius 1 is 1.04 bits per heavy atom. The van der Waals surface area contributed by atoms with Gasteiger partial charge in [0.15, 0.2) is 0 Å². The van der Waals surface area contributed by atoms with Crippen molar-refractivity contribution in [3.8, 4) is 5.75 Å². The number of ether oxygens (including phenoxy) is 1. The van der Waals surface area contributed by atoms with E-state index in [1.807, 2.05) is 48.9 Å². The number of benzene rings is 2. The number of nitrogens with zero attached hydrogens (tertiary/aromatic N) is 2. The Hall–Kier alpha value is -3.08. The first-order valence-corrected chi connectivity index (χ1v) is 7.97. The van der Waals surface area contributed by atoms with Gasteiger partial charge in [0.2, 0.25) is 0 Å². The number of fused-ring (bicyclic) bond motifs is 1. The Bertz CT molecular complexity index is 970. The third kappa shape index (κ3) is 3.13. The molecule has 3 aromatic rings. The van der Waals surface area contributed by atoms with E-state index in [-0.39, 0.29) is 5.91 Å². The number of rotatable bonds is 3. The summed E-state index contributed by atoms with van der Waals surface area (Å²) >= 11 is 0. The smallest absolute Gasteiger partial charge is 0.360 e. The van der Waals surface area contributed by atoms with Crippen molar-refractivity contribution in [2.75, 3.05) is 14.1 Å². The van der Waals surface area contributed by atoms with E-state index in [4.69, 9.17) is 4.74 Å². The Labute approximate surface area is 146 Å². The molecule has 0 radical (unpaired) electrons. The summed E-state index contributed by atoms with van der Waals surface area (Å²) in [5.74, 6) is -0.193. The van der Waals surface area contributed by atoms with E-state index in [0.29, 0.717) is 17.0 Å². The van der Waals surface area contributed by atoms with Crippen molar-refractivity contribution in [2.45, 2.75) is 6.92 Å². The van der Waals surface area contributed by atoms with Gasteiger partial charge in [0.25, 0.3) is 5.91 Å². The number of para-hydroxylation sites is 1. The van der Waals surface area contributed by atoms with Gasteiger partial charge in [0.05, 0.1) is 0 Å². The highest BCUT2D eigenvalue weighted by atomic mass is 16.5. The van der Waals surface area contributed by atoms with Crippen LogP contribution < -0.4 is 4.74 Å². The van der Waals surface area contributed by atoms with Gasteiger partial charge in [-0.3, -0.25) is 4.79 Å². The first kappa shape index (κ1) is 16.8. The molecule has 0 aliphatic carbocycles. The largest absolute Gasteiger partial charge is 0.422 e. The molecular formula is C20H20N2O3. The molecule has 1 heterocycles. The van der Waals surface area contributed by atoms with E-state index in [0.717, 1.165) is 16.5 Å². The Morgan fingerprint density at radius 2 is 1.76 bits per heavy atom. The minimum atomic E-state index is -0.448. The van der Waals surface area contributed by atoms with Crippen LogP contribution in [0.2, 0.25) is 0 Å². The van der Waals surface area contributed by atoms with Crippen molar-refractivity contribution >= 4 is 22.8 Å². The van der Waals surface area contributed by atoms with Crippen LogP contribution in [0.15, 0.2) is 48.5 Å². The van der Waals surface area contributed by atoms with Crippen molar-refractivity contribution in [3.05, 3.63) is 65.4 Å². The van der Waals surface area contributed by atoms with E-state index in [1.165, 1.54) is 4.90 Å². The number of hydrogen-bond donors (Lipinski definition) is 0. The fourth-order valence-electron chi connectivity index (χ4n) is 2.74. The zero-order valence-corrected chi connectivity index (χ0v) is 14.7. The van der Waals surface area contributed by atoms with Crippen LogP contribution in [0.4, 0.5) is 0 Å². The van der Waals surface area contributed by atoms with Gasteiger partial charge < -0.3 is 14.2 Å². The van der Waals surface area contributed by atoms with Crippen LogP contribution in [0.25, 0.3) is 10.9 Å². The Balaban J connectivity index is 1.93. The molecule has 5 nitrogen and oxygen atoms in total. The standard InChI is InChI=1S/C20H20N2O3/c1-13-9-10-15(19(23)21(2)3)12-18(13)25-20(24)17-11-14-7-5-6-8-16(14)22(17)4/h5-12H,1-4H3. The summed E-state index contributed by atoms with van der Waals surface area (Å²) < 4.78 is 7.39. The van der Waals surface area contributed by atoms with E-state index in [2.05, 4.69) is 0 Å². The molecule has 0 aliphatic heterocycles. The van der Waals surface area contributed by atoms with E-state index in [1.54, 1.807) is 32.3 Å². The zero-order valence-electron chi connectivity index (χ0n) is 14.7. The molecule has 0 saturated heterocycles. The Morgan fingerprint density at radius 3 is 2.44 bits per heavy atom. The van der Waals surface area contributed by atoms with Gasteiger partial charge in [-0.1, -0.05) is 24.3 Å². The molecule has 1 aromatic heterocycles. The second-order valence-corrected chi connectivity index (χ2v) is 6.22. The highest BCUT2D eigenvalue weighted by molar-refractivity contribution is 5.97. The molecule has 0 bridgehead atoms. The number of hydrogen-bond acceptors (Lipinski definition) is 3. The number of aromatic nitrogens is 1. The van der Waals surface area contributed by atoms with Gasteiger partial charge in [-0.25, -0.2) is 4.79 Å². The van der Waals surface area contributed by atoms with E-state index < -0.39 is 5.97 Å². The summed E-state index contributed by atoms with van der Waals surface area (Å²) in [5.41, 5.74) is 2.70. The van der Waals surface area contributed by atoms with Crippen LogP contribution in [-0.2, 0) is 7.05 Å². The quantitative estimate of drug-likeness (QED) is 0.544. The lowest BCUT2D eigenvalue weighted by molar-refractivity contribution is 0.0721. The number of carbonyl (C=O) groups excluding carboxylic acids is 2. The van der Waals surface area contributed by atoms with Crippen LogP contribution in [0.1, 0.15) is 26.4 Å². The maximum atomic E-state index is 12.6. The molecule has 3 rings (SSSR count). The molecule has 128 valence electrons. The van der Waals surface area contributed by atoms with Crippen molar-refractivity contribution < 1.29 is 14.3 Å². The monoisotopic (exact) mass is 336 g/mol. The average molecular weight is 336 g/mol. The third-order valence-corrected chi connectivity index (χ3v) is 4.20. The summed E-state index contributed by atoms with van der Waals surface area (Å²) in [5, 5.41) is 0.977. The number of amides is 1. The van der Waals surface area contributed by atoms with E-state index in [9.17, 15) is 9.59 Å². The Kier molecular flexibility index (Phi) is 4.31. The van der Waals surface area contributed by atoms with Crippen molar-refractivity contribution in [1.82, 2.24) is 9.47 Å². The van der Waals surface area contributed by atoms with Crippen LogP contribution >= 0.6 is 0 Å². The van der Waals surface area contributed by atoms with Crippen molar-refractivity contribution in [3.63, 3.8) is 0 Å². The summed E-state index contributed by atoms with van der Waals surface area (Å²) in [4.78, 5) is 26.2. The maximum Gasteiger partial charge on any atom is 0.360 e. The molecule has 1 amide bonds. The highest BCUT2D eigenvalue weighted by Crippen LogP contribution is 2.24. The fraction of sp³-hybridized carbons (Fsp3) is 0.200. The van der Waals surface area contributed by atoms with Crippen LogP contribution in [0, 0.1) is 6.92 Å². The summed E-state index contributed by atoms with van der Waals surface area (Å²) in [6, 6.07) is 14.7. The lowest BCUT2D eigenvalue weighted by Gasteiger charge is -2.13. The topological polar surface area (TPSA) is 51.5 Å². The molecular weight excluding hydrogens is 316 g/mol. The predicted molar refractivity (Wildman–Crippen MR) is 97.1 cm³/mol. The van der Waals surface area contributed by atoms with Crippen molar-refractivity contribution in [2.24, 2.45) is 7.05 Å². The SMILES string of the molecule is Cc1ccc(C(=O)N(C)C)cc1OC(=O)c1cc2ccccc2n1C. The zero-order chi connectivity index (χ0) is 18.1. The molecule has 25 heavy (non-hydrogen) atoms. The second kappa shape index (κ2) is 6.43. The summed E-state index contributed by atoms with van der Waals surface area (Å²) in [6.45, 7) is 1.84. The summed E-state index contributed by atoms with van der Waals surface area (Å²) in [7, 11) is 5.20. The molecule has 0 unspecified atom stereocenters. The van der Waals surface area contributed by atoms with Gasteiger partial charge in [-0.2, -0.15) is 0 Å². The number of esters is 1. The van der Waals surface area contributed by atoms with Gasteiger partial charge in [0.1, 0.15) is 11.4 Å². The average Bonchev–Trinajstić information content (AvgIpc) is 2.93. The fourth-order valence-corrected chi connectivity index (χ4v) is 2.74. The third-order valence-electron chi connectivity index (χ3n) is 4.20. The summed E-state index contributed by atoms with van der Waals surface area (Å²) in [6.07, 6.45) is 0. The van der Waals surface area contributed by atoms with Gasteiger partial charge >= 0.3 is 5.97 Å². The molecule has 0 fully saturated rings. The van der Waals surface area contributed by atoms with Crippen molar-refractivity contribution in [1.29, 1.82) is 0 Å². The van der Waals surface area contributed by atoms with Gasteiger partial charge in [0, 0.05) is 37.6 Å². The first-order chi connectivity index (χ1) is 11.9. The molecule has 5 heteroatoms. The molecule has 0 saturated carbocycles. The van der Waals surface area contributed by atoms with Crippen LogP contribution in [0.3, 0.4) is 0 Å². The first-order valence-electron chi connectivity index (χ1n) is 7.97. The molecule has 0 N–H and O–H groups in total. The second-order valence-electron chi connectivity index (χ2n) is 6.22. The lowest BCUT2D eigenvalue weighted by Crippen LogP contribution is -2.22. The minimum Gasteiger partial charge on any atom is -0.422 e. The lowest BCUT2D eigenvalue weighted by atomic mass is 10.1. The maximum absolute atomic E-state index is 12.6. The molecule has 2 aromatic carbocycles. The number of carbonyl (C=O) groups is 2. The van der Waals surface area contributed by atoms with Gasteiger partial charge in [-0.15, -0.1) is 0 Å². The minimum absolute atomic E-state index is 0.137. The van der Waals surface area contributed by atoms with Crippen LogP contribution in [0.5, 0.6) is 5.75 Å². The molecule has 0 spiro atoms. The van der Waals surface area contributed by atoms with Crippen LogP contribution in [-0.4, -0.2) is 35.4 Å². The van der Waals surface area contributed by atoms with E-state index >= 15 is 0 Å². The normalized spacial score (nSPS) is 10.7. The predicted octanol–water partition coefficient (Wildman–Crippen LogP) is 3.41. The number of aryl methyl sites for hydroxylation is 2. The molecule has 0 atom stereocenters. The molecule has 0 aliphatic rings.